The van der Waals surface area contributed by atoms with Crippen LogP contribution in [0.5, 0.6) is 11.5 Å². The van der Waals surface area contributed by atoms with Gasteiger partial charge in [-0.1, -0.05) is 70.5 Å². The van der Waals surface area contributed by atoms with Crippen LogP contribution in [0.25, 0.3) is 0 Å². The van der Waals surface area contributed by atoms with Gasteiger partial charge < -0.3 is 18.0 Å². The Morgan fingerprint density at radius 1 is 0.552 bits per heavy atom. The lowest BCUT2D eigenvalue weighted by Crippen LogP contribution is -2.46. The first-order chi connectivity index (χ1) is 14.2. The van der Waals surface area contributed by atoms with Gasteiger partial charge in [-0.25, -0.2) is 0 Å². The minimum Gasteiger partial charge on any atom is -0.457 e. The van der Waals surface area contributed by atoms with Crippen molar-refractivity contribution in [2.75, 3.05) is 19.8 Å². The Hall–Kier alpha value is -1.66. The number of rotatable bonds is 13. The lowest BCUT2D eigenvalue weighted by molar-refractivity contribution is 0.0591. The second-order valence-corrected chi connectivity index (χ2v) is 9.44. The van der Waals surface area contributed by atoms with Gasteiger partial charge in [-0.3, -0.25) is 0 Å². The van der Waals surface area contributed by atoms with Gasteiger partial charge in [0.2, 0.25) is 0 Å². The maximum absolute atomic E-state index is 5.92. The maximum Gasteiger partial charge on any atom is 0.500 e. The summed E-state index contributed by atoms with van der Waals surface area (Å²) in [6, 6.07) is 20.5. The zero-order valence-corrected chi connectivity index (χ0v) is 19.6. The molecule has 0 aliphatic carbocycles. The summed E-state index contributed by atoms with van der Waals surface area (Å²) >= 11 is 0. The smallest absolute Gasteiger partial charge is 0.457 e. The van der Waals surface area contributed by atoms with Crippen LogP contribution in [0.2, 0.25) is 6.04 Å². The normalized spacial score (nSPS) is 10.9. The van der Waals surface area contributed by atoms with Crippen molar-refractivity contribution in [2.24, 2.45) is 0 Å². The highest BCUT2D eigenvalue weighted by atomic mass is 28.4. The minimum absolute atomic E-state index is 0.750. The number of para-hydroxylation sites is 2. The van der Waals surface area contributed by atoms with E-state index in [0.717, 1.165) is 63.0 Å². The van der Waals surface area contributed by atoms with E-state index in [1.165, 1.54) is 0 Å². The number of hydrogen-bond donors (Lipinski definition) is 0. The largest absolute Gasteiger partial charge is 0.500 e. The highest BCUT2D eigenvalue weighted by Crippen LogP contribution is 2.20. The van der Waals surface area contributed by atoms with Crippen LogP contribution in [-0.2, 0) is 13.3 Å². The van der Waals surface area contributed by atoms with Crippen LogP contribution in [0, 0.1) is 0 Å². The van der Waals surface area contributed by atoms with Crippen LogP contribution in [-0.4, -0.2) is 28.6 Å². The molecule has 0 bridgehead atoms. The summed E-state index contributed by atoms with van der Waals surface area (Å²) in [5.74, 6) is 1.74. The summed E-state index contributed by atoms with van der Waals surface area (Å²) in [6.07, 6.45) is 4.11. The Morgan fingerprint density at radius 2 is 0.931 bits per heavy atom. The van der Waals surface area contributed by atoms with Gasteiger partial charge >= 0.3 is 8.80 Å². The lowest BCUT2D eigenvalue weighted by Gasteiger charge is -2.29. The molecule has 0 aromatic heterocycles. The number of hydrogen-bond acceptors (Lipinski definition) is 4. The van der Waals surface area contributed by atoms with E-state index in [-0.39, 0.29) is 0 Å². The summed E-state index contributed by atoms with van der Waals surface area (Å²) in [6.45, 7) is 10.8. The molecular weight excluding hydrogens is 380 g/mol. The Morgan fingerprint density at radius 3 is 1.24 bits per heavy atom. The highest BCUT2D eigenvalue weighted by molar-refractivity contribution is 6.60. The summed E-state index contributed by atoms with van der Waals surface area (Å²) in [5.41, 5.74) is 0. The molecule has 0 saturated heterocycles. The zero-order chi connectivity index (χ0) is 21.2. The topological polar surface area (TPSA) is 36.9 Å². The van der Waals surface area contributed by atoms with Crippen LogP contribution < -0.4 is 4.74 Å². The molecule has 0 radical (unpaired) electrons. The maximum atomic E-state index is 5.92. The van der Waals surface area contributed by atoms with E-state index < -0.39 is 8.80 Å². The minimum atomic E-state index is -2.36. The number of ether oxygens (including phenoxy) is 1. The molecule has 162 valence electrons. The van der Waals surface area contributed by atoms with Gasteiger partial charge in [0, 0.05) is 25.9 Å². The Kier molecular flexibility index (Phi) is 14.1. The predicted molar refractivity (Wildman–Crippen MR) is 123 cm³/mol. The van der Waals surface area contributed by atoms with Crippen LogP contribution in [0.15, 0.2) is 60.7 Å². The molecule has 0 unspecified atom stereocenters. The summed E-state index contributed by atoms with van der Waals surface area (Å²) < 4.78 is 23.3. The molecule has 2 rings (SSSR count). The molecule has 0 aliphatic heterocycles. The molecule has 0 amide bonds. The van der Waals surface area contributed by atoms with Gasteiger partial charge in [0.05, 0.1) is 0 Å². The molecule has 29 heavy (non-hydrogen) atoms. The van der Waals surface area contributed by atoms with Gasteiger partial charge in [0.1, 0.15) is 11.5 Å². The van der Waals surface area contributed by atoms with Crippen molar-refractivity contribution in [3.8, 4) is 11.5 Å². The summed E-state index contributed by atoms with van der Waals surface area (Å²) in [7, 11) is -2.36. The predicted octanol–water partition coefficient (Wildman–Crippen LogP) is 7.09. The molecule has 0 atom stereocenters. The molecule has 0 aliphatic rings. The van der Waals surface area contributed by atoms with E-state index in [9.17, 15) is 0 Å². The average Bonchev–Trinajstić information content (AvgIpc) is 2.77. The van der Waals surface area contributed by atoms with E-state index in [1.807, 2.05) is 60.7 Å². The Balaban J connectivity index is 0.000000294. The highest BCUT2D eigenvalue weighted by Gasteiger charge is 2.39. The van der Waals surface area contributed by atoms with E-state index in [0.29, 0.717) is 0 Å². The summed E-state index contributed by atoms with van der Waals surface area (Å²) in [4.78, 5) is 0. The first-order valence-electron chi connectivity index (χ1n) is 10.9. The second-order valence-electron chi connectivity index (χ2n) is 6.71. The quantitative estimate of drug-likeness (QED) is 0.325. The summed E-state index contributed by atoms with van der Waals surface area (Å²) in [5, 5.41) is 0. The third-order valence-electron chi connectivity index (χ3n) is 3.86. The van der Waals surface area contributed by atoms with Gasteiger partial charge in [-0.15, -0.1) is 0 Å². The van der Waals surface area contributed by atoms with Crippen LogP contribution in [0.1, 0.15) is 53.4 Å². The fourth-order valence-corrected chi connectivity index (χ4v) is 5.37. The molecular formula is C24H38O4Si. The molecule has 0 heterocycles. The van der Waals surface area contributed by atoms with Crippen molar-refractivity contribution < 1.29 is 18.0 Å². The lowest BCUT2D eigenvalue weighted by atomic mass is 10.3. The molecule has 0 spiro atoms. The van der Waals surface area contributed by atoms with E-state index in [4.69, 9.17) is 18.0 Å². The standard InChI is InChI=1S/C12H28O3Si.C12H10O/c1-5-9-13-16(12-8-4,14-10-6-2)15-11-7-3;1-3-7-11(8-4-1)13-12-9-5-2-6-10-12/h5-12H2,1-4H3;1-10H. The van der Waals surface area contributed by atoms with E-state index in [1.54, 1.807) is 0 Å². The monoisotopic (exact) mass is 418 g/mol. The van der Waals surface area contributed by atoms with Crippen LogP contribution in [0.4, 0.5) is 0 Å². The SMILES string of the molecule is CCCO[Si](CCC)(OCCC)OCCC.c1ccc(Oc2ccccc2)cc1. The van der Waals surface area contributed by atoms with Crippen molar-refractivity contribution in [1.82, 2.24) is 0 Å². The Bertz CT molecular complexity index is 548. The van der Waals surface area contributed by atoms with Crippen molar-refractivity contribution in [2.45, 2.75) is 59.4 Å². The van der Waals surface area contributed by atoms with E-state index in [2.05, 4.69) is 27.7 Å². The molecule has 2 aromatic carbocycles. The third kappa shape index (κ3) is 11.2. The number of benzene rings is 2. The molecule has 0 fully saturated rings. The zero-order valence-electron chi connectivity index (χ0n) is 18.6. The van der Waals surface area contributed by atoms with Crippen molar-refractivity contribution >= 4 is 8.80 Å². The third-order valence-corrected chi connectivity index (χ3v) is 6.90. The van der Waals surface area contributed by atoms with Crippen LogP contribution >= 0.6 is 0 Å². The van der Waals surface area contributed by atoms with Gasteiger partial charge in [-0.05, 0) is 43.5 Å². The van der Waals surface area contributed by atoms with Crippen molar-refractivity contribution in [3.63, 3.8) is 0 Å². The van der Waals surface area contributed by atoms with Gasteiger partial charge in [0.15, 0.2) is 0 Å². The first kappa shape index (κ1) is 25.4. The fraction of sp³-hybridized carbons (Fsp3) is 0.500. The van der Waals surface area contributed by atoms with Crippen molar-refractivity contribution in [1.29, 1.82) is 0 Å². The molecule has 0 N–H and O–H groups in total. The molecule has 5 heteroatoms. The van der Waals surface area contributed by atoms with E-state index >= 15 is 0 Å². The fourth-order valence-electron chi connectivity index (χ4n) is 2.53. The van der Waals surface area contributed by atoms with Gasteiger partial charge in [0.25, 0.3) is 0 Å². The molecule has 0 saturated carbocycles. The average molecular weight is 419 g/mol. The van der Waals surface area contributed by atoms with Gasteiger partial charge in [-0.2, -0.15) is 0 Å². The van der Waals surface area contributed by atoms with Crippen molar-refractivity contribution in [3.05, 3.63) is 60.7 Å². The molecule has 4 nitrogen and oxygen atoms in total. The second kappa shape index (κ2) is 16.2. The first-order valence-corrected chi connectivity index (χ1v) is 12.8. The Labute approximate surface area is 178 Å². The molecule has 2 aromatic rings. The van der Waals surface area contributed by atoms with Crippen LogP contribution in [0.3, 0.4) is 0 Å².